The lowest BCUT2D eigenvalue weighted by atomic mass is 10.0. The Balaban J connectivity index is 3.54. The van der Waals surface area contributed by atoms with Crippen molar-refractivity contribution in [3.05, 3.63) is 24.3 Å². The molecule has 372 valence electrons. The molecule has 0 aliphatic rings. The number of carbonyl (C=O) groups excluding carboxylic acids is 2. The molecule has 0 aromatic rings. The molecule has 0 saturated carbocycles. The molecule has 0 rings (SSSR count). The maximum Gasteiger partial charge on any atom is 0.305 e. The Morgan fingerprint density at radius 3 is 1.13 bits per heavy atom. The molecule has 0 aliphatic heterocycles. The van der Waals surface area contributed by atoms with Crippen LogP contribution in [0.15, 0.2) is 24.3 Å². The number of aliphatic hydroxyl groups excluding tert-OH is 2. The van der Waals surface area contributed by atoms with E-state index in [1.54, 1.807) is 6.08 Å². The number of unbranched alkanes of at least 4 members (excludes halogenated alkanes) is 39. The molecule has 0 fully saturated rings. The van der Waals surface area contributed by atoms with Crippen LogP contribution in [0.4, 0.5) is 0 Å². The third kappa shape index (κ3) is 49.6. The largest absolute Gasteiger partial charge is 0.466 e. The molecule has 3 N–H and O–H groups in total. The van der Waals surface area contributed by atoms with Gasteiger partial charge in [0.2, 0.25) is 5.91 Å². The van der Waals surface area contributed by atoms with E-state index in [1.807, 2.05) is 6.08 Å². The first-order valence-electron chi connectivity index (χ1n) is 28.1. The predicted octanol–water partition coefficient (Wildman–Crippen LogP) is 17.1. The van der Waals surface area contributed by atoms with Crippen LogP contribution >= 0.6 is 0 Å². The van der Waals surface area contributed by atoms with E-state index in [-0.39, 0.29) is 18.5 Å². The van der Waals surface area contributed by atoms with Gasteiger partial charge in [0, 0.05) is 12.8 Å². The smallest absolute Gasteiger partial charge is 0.305 e. The summed E-state index contributed by atoms with van der Waals surface area (Å²) in [5.41, 5.74) is 0. The SMILES string of the molecule is CCCCCCCCCCCCCCCCCCCCCC/C=C/C(O)C(CO)NC(=O)CCCCCCC/C=C\CCCCOC(=O)CCCCCCCCCCCCCCC. The van der Waals surface area contributed by atoms with E-state index in [9.17, 15) is 19.8 Å². The van der Waals surface area contributed by atoms with Gasteiger partial charge in [0.05, 0.1) is 25.4 Å². The van der Waals surface area contributed by atoms with Crippen LogP contribution < -0.4 is 5.32 Å². The standard InChI is InChI=1S/C57H109NO5/c1-3-5-7-9-11-13-15-17-18-19-20-21-22-23-24-25-27-29-33-37-41-45-49-55(60)54(53-59)58-56(61)50-46-42-38-34-30-28-32-36-40-44-48-52-63-57(62)51-47-43-39-35-31-26-16-14-12-10-8-6-4-2/h32,36,45,49,54-55,59-60H,3-31,33-35,37-44,46-48,50-53H2,1-2H3,(H,58,61)/b36-32-,49-45+. The van der Waals surface area contributed by atoms with Crippen molar-refractivity contribution in [1.29, 1.82) is 0 Å². The molecule has 0 radical (unpaired) electrons. The number of aliphatic hydroxyl groups is 2. The molecule has 1 amide bonds. The monoisotopic (exact) mass is 888 g/mol. The summed E-state index contributed by atoms with van der Waals surface area (Å²) in [5, 5.41) is 23.1. The van der Waals surface area contributed by atoms with E-state index in [4.69, 9.17) is 4.74 Å². The molecule has 0 spiro atoms. The lowest BCUT2D eigenvalue weighted by Gasteiger charge is -2.20. The van der Waals surface area contributed by atoms with E-state index in [1.165, 1.54) is 193 Å². The molecule has 2 unspecified atom stereocenters. The van der Waals surface area contributed by atoms with E-state index >= 15 is 0 Å². The van der Waals surface area contributed by atoms with Crippen molar-refractivity contribution in [1.82, 2.24) is 5.32 Å². The van der Waals surface area contributed by atoms with Gasteiger partial charge in [-0.25, -0.2) is 0 Å². The van der Waals surface area contributed by atoms with Crippen LogP contribution in [-0.4, -0.2) is 47.4 Å². The Morgan fingerprint density at radius 1 is 0.429 bits per heavy atom. The van der Waals surface area contributed by atoms with Crippen molar-refractivity contribution in [2.45, 2.75) is 315 Å². The maximum absolute atomic E-state index is 12.5. The second kappa shape index (κ2) is 53.0. The summed E-state index contributed by atoms with van der Waals surface area (Å²) in [4.78, 5) is 24.5. The zero-order chi connectivity index (χ0) is 45.8. The molecule has 2 atom stereocenters. The minimum Gasteiger partial charge on any atom is -0.466 e. The molecule has 0 aromatic heterocycles. The molecule has 0 aromatic carbocycles. The van der Waals surface area contributed by atoms with Crippen LogP contribution in [0, 0.1) is 0 Å². The molecule has 63 heavy (non-hydrogen) atoms. The van der Waals surface area contributed by atoms with Crippen molar-refractivity contribution < 1.29 is 24.5 Å². The highest BCUT2D eigenvalue weighted by Gasteiger charge is 2.18. The second-order valence-corrected chi connectivity index (χ2v) is 19.3. The van der Waals surface area contributed by atoms with E-state index in [2.05, 4.69) is 31.3 Å². The Morgan fingerprint density at radius 2 is 0.746 bits per heavy atom. The number of ether oxygens (including phenoxy) is 1. The highest BCUT2D eigenvalue weighted by Crippen LogP contribution is 2.17. The Labute approximate surface area is 392 Å². The number of rotatable bonds is 52. The van der Waals surface area contributed by atoms with Gasteiger partial charge in [-0.15, -0.1) is 0 Å². The Bertz CT molecular complexity index is 982. The summed E-state index contributed by atoms with van der Waals surface area (Å²) >= 11 is 0. The Kier molecular flexibility index (Phi) is 51.6. The number of hydrogen-bond donors (Lipinski definition) is 3. The van der Waals surface area contributed by atoms with Crippen molar-refractivity contribution in [2.75, 3.05) is 13.2 Å². The molecule has 0 aliphatic carbocycles. The number of allylic oxidation sites excluding steroid dienone is 3. The average molecular weight is 889 g/mol. The highest BCUT2D eigenvalue weighted by atomic mass is 16.5. The first kappa shape index (κ1) is 61.3. The topological polar surface area (TPSA) is 95.9 Å². The lowest BCUT2D eigenvalue weighted by molar-refractivity contribution is -0.143. The quantitative estimate of drug-likeness (QED) is 0.0321. The normalized spacial score (nSPS) is 12.8. The number of carbonyl (C=O) groups is 2. The van der Waals surface area contributed by atoms with E-state index in [0.717, 1.165) is 83.5 Å². The molecule has 0 bridgehead atoms. The van der Waals surface area contributed by atoms with Crippen LogP contribution in [-0.2, 0) is 14.3 Å². The predicted molar refractivity (Wildman–Crippen MR) is 273 cm³/mol. The van der Waals surface area contributed by atoms with Crippen molar-refractivity contribution in [3.63, 3.8) is 0 Å². The fraction of sp³-hybridized carbons (Fsp3) is 0.895. The van der Waals surface area contributed by atoms with Crippen molar-refractivity contribution in [2.24, 2.45) is 0 Å². The van der Waals surface area contributed by atoms with E-state index < -0.39 is 12.1 Å². The number of hydrogen-bond acceptors (Lipinski definition) is 5. The third-order valence-corrected chi connectivity index (χ3v) is 13.0. The van der Waals surface area contributed by atoms with Gasteiger partial charge in [-0.3, -0.25) is 9.59 Å². The number of nitrogens with one attached hydrogen (secondary N) is 1. The summed E-state index contributed by atoms with van der Waals surface area (Å²) in [6, 6.07) is -0.649. The third-order valence-electron chi connectivity index (χ3n) is 13.0. The summed E-state index contributed by atoms with van der Waals surface area (Å²) in [6.45, 7) is 4.84. The van der Waals surface area contributed by atoms with Gasteiger partial charge in [-0.1, -0.05) is 256 Å². The summed E-state index contributed by atoms with van der Waals surface area (Å²) in [7, 11) is 0. The first-order chi connectivity index (χ1) is 31.0. The van der Waals surface area contributed by atoms with Gasteiger partial charge in [-0.2, -0.15) is 0 Å². The van der Waals surface area contributed by atoms with E-state index in [0.29, 0.717) is 19.4 Å². The van der Waals surface area contributed by atoms with Gasteiger partial charge >= 0.3 is 5.97 Å². The summed E-state index contributed by atoms with van der Waals surface area (Å²) in [5.74, 6) is -0.125. The zero-order valence-electron chi connectivity index (χ0n) is 42.3. The fourth-order valence-corrected chi connectivity index (χ4v) is 8.63. The fourth-order valence-electron chi connectivity index (χ4n) is 8.63. The lowest BCUT2D eigenvalue weighted by Crippen LogP contribution is -2.45. The molecular formula is C57H109NO5. The molecular weight excluding hydrogens is 779 g/mol. The van der Waals surface area contributed by atoms with Gasteiger partial charge in [0.15, 0.2) is 0 Å². The Hall–Kier alpha value is -1.66. The van der Waals surface area contributed by atoms with Crippen LogP contribution in [0.25, 0.3) is 0 Å². The van der Waals surface area contributed by atoms with Crippen LogP contribution in [0.3, 0.4) is 0 Å². The van der Waals surface area contributed by atoms with Gasteiger partial charge in [0.1, 0.15) is 0 Å². The maximum atomic E-state index is 12.5. The van der Waals surface area contributed by atoms with Gasteiger partial charge in [-0.05, 0) is 57.8 Å². The van der Waals surface area contributed by atoms with Crippen LogP contribution in [0.1, 0.15) is 303 Å². The second-order valence-electron chi connectivity index (χ2n) is 19.3. The minimum atomic E-state index is -0.863. The van der Waals surface area contributed by atoms with Crippen molar-refractivity contribution >= 4 is 11.9 Å². The average Bonchev–Trinajstić information content (AvgIpc) is 3.28. The molecule has 0 saturated heterocycles. The van der Waals surface area contributed by atoms with Crippen molar-refractivity contribution in [3.8, 4) is 0 Å². The first-order valence-corrected chi connectivity index (χ1v) is 28.1. The zero-order valence-corrected chi connectivity index (χ0v) is 42.3. The van der Waals surface area contributed by atoms with Gasteiger partial charge in [0.25, 0.3) is 0 Å². The molecule has 6 heteroatoms. The van der Waals surface area contributed by atoms with Crippen LogP contribution in [0.2, 0.25) is 0 Å². The summed E-state index contributed by atoms with van der Waals surface area (Å²) in [6.07, 6.45) is 63.4. The number of amides is 1. The molecule has 0 heterocycles. The van der Waals surface area contributed by atoms with Crippen LogP contribution in [0.5, 0.6) is 0 Å². The summed E-state index contributed by atoms with van der Waals surface area (Å²) < 4.78 is 5.43. The number of esters is 1. The molecule has 6 nitrogen and oxygen atoms in total. The van der Waals surface area contributed by atoms with Gasteiger partial charge < -0.3 is 20.3 Å². The highest BCUT2D eigenvalue weighted by molar-refractivity contribution is 5.76. The minimum absolute atomic E-state index is 0.0310.